The number of hydrogen-bond acceptors (Lipinski definition) is 14. The number of cyclic esters (lactones) is 1. The monoisotopic (exact) mass is 670 g/mol. The van der Waals surface area contributed by atoms with E-state index in [1.54, 1.807) is 48.5 Å². The van der Waals surface area contributed by atoms with Crippen LogP contribution in [-0.2, 0) is 29.4 Å². The molecule has 0 aromatic heterocycles. The van der Waals surface area contributed by atoms with Crippen LogP contribution >= 0.6 is 0 Å². The first kappa shape index (κ1) is 33.3. The lowest BCUT2D eigenvalue weighted by Crippen LogP contribution is -2.61. The number of aliphatic hydroxyl groups excluding tert-OH is 6. The van der Waals surface area contributed by atoms with Crippen molar-refractivity contribution in [2.75, 3.05) is 0 Å². The maximum atomic E-state index is 13.1. The number of aliphatic carboxylic acids is 2. The molecule has 48 heavy (non-hydrogen) atoms. The number of benzene rings is 3. The van der Waals surface area contributed by atoms with Crippen molar-refractivity contribution in [3.05, 3.63) is 95.1 Å². The Kier molecular flexibility index (Phi) is 8.84. The van der Waals surface area contributed by atoms with Crippen molar-refractivity contribution in [1.82, 2.24) is 0 Å². The van der Waals surface area contributed by atoms with Gasteiger partial charge in [0.2, 0.25) is 12.6 Å². The first-order valence-corrected chi connectivity index (χ1v) is 14.6. The maximum Gasteiger partial charge on any atom is 0.340 e. The zero-order valence-corrected chi connectivity index (χ0v) is 24.5. The Bertz CT molecular complexity index is 1580. The van der Waals surface area contributed by atoms with Crippen LogP contribution in [0.2, 0.25) is 0 Å². The lowest BCUT2D eigenvalue weighted by molar-refractivity contribution is -0.271. The van der Waals surface area contributed by atoms with Gasteiger partial charge in [-0.2, -0.15) is 0 Å². The molecular formula is C32H30O16. The zero-order valence-electron chi connectivity index (χ0n) is 24.5. The lowest BCUT2D eigenvalue weighted by Gasteiger charge is -2.38. The van der Waals surface area contributed by atoms with Gasteiger partial charge >= 0.3 is 17.9 Å². The quantitative estimate of drug-likeness (QED) is 0.129. The van der Waals surface area contributed by atoms with E-state index in [0.717, 1.165) is 0 Å². The summed E-state index contributed by atoms with van der Waals surface area (Å²) >= 11 is 0. The van der Waals surface area contributed by atoms with E-state index in [4.69, 9.17) is 23.7 Å². The second kappa shape index (κ2) is 12.8. The minimum atomic E-state index is -1.89. The number of carbonyl (C=O) groups is 3. The SMILES string of the molecule is O=C1OC(c2ccc(O[C@@H]3O[C@H](C(=O)O)[C@@H](O)[C@H](O)[C@H]3O)cc2)(c2ccc(O[C@@H]3O[C@H](C(=O)O)[C@@H](O)[C@H](O)[C@H]3O)cc2)c2ccccc21. The second-order valence-electron chi connectivity index (χ2n) is 11.4. The number of aliphatic hydroxyl groups is 6. The highest BCUT2D eigenvalue weighted by molar-refractivity contribution is 5.96. The van der Waals surface area contributed by atoms with Gasteiger partial charge in [-0.1, -0.05) is 42.5 Å². The zero-order chi connectivity index (χ0) is 34.5. The van der Waals surface area contributed by atoms with Crippen LogP contribution in [0.15, 0.2) is 72.8 Å². The van der Waals surface area contributed by atoms with Crippen LogP contribution in [0.3, 0.4) is 0 Å². The fraction of sp³-hybridized carbons (Fsp3) is 0.344. The summed E-state index contributed by atoms with van der Waals surface area (Å²) in [4.78, 5) is 36.0. The highest BCUT2D eigenvalue weighted by Crippen LogP contribution is 2.47. The number of ether oxygens (including phenoxy) is 5. The minimum absolute atomic E-state index is 0.0741. The predicted octanol–water partition coefficient (Wildman–Crippen LogP) is -1.31. The van der Waals surface area contributed by atoms with Gasteiger partial charge < -0.3 is 64.5 Å². The van der Waals surface area contributed by atoms with Crippen LogP contribution in [-0.4, -0.2) is 120 Å². The number of rotatable bonds is 8. The van der Waals surface area contributed by atoms with E-state index in [9.17, 15) is 55.2 Å². The summed E-state index contributed by atoms with van der Waals surface area (Å²) in [6, 6.07) is 18.6. The number of carboxylic acids is 2. The fourth-order valence-electron chi connectivity index (χ4n) is 5.92. The third-order valence-corrected chi connectivity index (χ3v) is 8.42. The Hall–Kier alpha value is -4.65. The molecule has 10 atom stereocenters. The van der Waals surface area contributed by atoms with Gasteiger partial charge in [-0.15, -0.1) is 0 Å². The van der Waals surface area contributed by atoms with Gasteiger partial charge in [0.25, 0.3) is 0 Å². The molecule has 0 amide bonds. The summed E-state index contributed by atoms with van der Waals surface area (Å²) in [5.74, 6) is -3.61. The maximum absolute atomic E-state index is 13.1. The summed E-state index contributed by atoms with van der Waals surface area (Å²) in [5, 5.41) is 79.4. The standard InChI is InChI=1S/C32H30O16/c33-19-21(35)25(27(39)40)46-30(23(19)37)44-15-9-5-13(6-10-15)32(18-4-2-1-3-17(18)29(43)48-32)14-7-11-16(12-8-14)45-31-24(38)20(34)22(36)26(47-31)28(41)42/h1-12,19-26,30-31,33-38H,(H,39,40)(H,41,42)/t19-,20-,21-,22-,23+,24+,25-,26-,30+,31+/m0/s1. The molecule has 0 radical (unpaired) electrons. The van der Waals surface area contributed by atoms with Gasteiger partial charge in [0.15, 0.2) is 17.8 Å². The molecule has 3 aliphatic rings. The first-order chi connectivity index (χ1) is 22.8. The first-order valence-electron chi connectivity index (χ1n) is 14.6. The van der Waals surface area contributed by atoms with Crippen molar-refractivity contribution in [2.24, 2.45) is 0 Å². The summed E-state index contributed by atoms with van der Waals surface area (Å²) < 4.78 is 27.6. The van der Waals surface area contributed by atoms with E-state index in [2.05, 4.69) is 0 Å². The number of hydrogen-bond donors (Lipinski definition) is 8. The van der Waals surface area contributed by atoms with Crippen LogP contribution in [0.1, 0.15) is 27.0 Å². The summed E-state index contributed by atoms with van der Waals surface area (Å²) in [6.45, 7) is 0. The van der Waals surface area contributed by atoms with Gasteiger partial charge in [-0.25, -0.2) is 14.4 Å². The molecule has 0 unspecified atom stereocenters. The molecule has 6 rings (SSSR count). The second-order valence-corrected chi connectivity index (χ2v) is 11.4. The predicted molar refractivity (Wildman–Crippen MR) is 155 cm³/mol. The molecule has 3 heterocycles. The minimum Gasteiger partial charge on any atom is -0.479 e. The van der Waals surface area contributed by atoms with Crippen LogP contribution in [0, 0.1) is 0 Å². The Labute approximate surface area is 270 Å². The van der Waals surface area contributed by atoms with Gasteiger partial charge in [0.05, 0.1) is 5.56 Å². The van der Waals surface area contributed by atoms with Crippen molar-refractivity contribution in [3.63, 3.8) is 0 Å². The molecule has 16 heteroatoms. The average molecular weight is 671 g/mol. The number of esters is 1. The van der Waals surface area contributed by atoms with Crippen LogP contribution in [0.4, 0.5) is 0 Å². The van der Waals surface area contributed by atoms with Crippen molar-refractivity contribution in [3.8, 4) is 11.5 Å². The van der Waals surface area contributed by atoms with E-state index in [1.807, 2.05) is 0 Å². The molecule has 0 aliphatic carbocycles. The molecule has 2 fully saturated rings. The van der Waals surface area contributed by atoms with Crippen LogP contribution < -0.4 is 9.47 Å². The Morgan fingerprint density at radius 1 is 0.583 bits per heavy atom. The van der Waals surface area contributed by atoms with E-state index >= 15 is 0 Å². The van der Waals surface area contributed by atoms with Gasteiger partial charge in [-0.3, -0.25) is 0 Å². The van der Waals surface area contributed by atoms with Gasteiger partial charge in [0, 0.05) is 16.7 Å². The highest BCUT2D eigenvalue weighted by atomic mass is 16.7. The van der Waals surface area contributed by atoms with Gasteiger partial charge in [-0.05, 0) is 30.3 Å². The summed E-state index contributed by atoms with van der Waals surface area (Å²) in [6.07, 6.45) is -18.1. The topological polar surface area (TPSA) is 259 Å². The normalized spacial score (nSPS) is 32.5. The summed E-state index contributed by atoms with van der Waals surface area (Å²) in [5.41, 5.74) is 0.111. The van der Waals surface area contributed by atoms with E-state index in [1.165, 1.54) is 24.3 Å². The largest absolute Gasteiger partial charge is 0.479 e. The molecule has 3 aromatic rings. The molecule has 3 aliphatic heterocycles. The molecule has 3 aromatic carbocycles. The smallest absolute Gasteiger partial charge is 0.340 e. The molecule has 8 N–H and O–H groups in total. The van der Waals surface area contributed by atoms with E-state index < -0.39 is 84.9 Å². The Morgan fingerprint density at radius 3 is 1.42 bits per heavy atom. The van der Waals surface area contributed by atoms with Crippen molar-refractivity contribution in [2.45, 2.75) is 67.0 Å². The molecule has 2 saturated heterocycles. The number of carboxylic acid groups (broad SMARTS) is 2. The third-order valence-electron chi connectivity index (χ3n) is 8.42. The highest BCUT2D eigenvalue weighted by Gasteiger charge is 2.51. The Morgan fingerprint density at radius 2 is 1.00 bits per heavy atom. The fourth-order valence-corrected chi connectivity index (χ4v) is 5.92. The number of carbonyl (C=O) groups excluding carboxylic acids is 1. The Balaban J connectivity index is 1.29. The van der Waals surface area contributed by atoms with Crippen molar-refractivity contribution in [1.29, 1.82) is 0 Å². The van der Waals surface area contributed by atoms with E-state index in [0.29, 0.717) is 16.7 Å². The van der Waals surface area contributed by atoms with Crippen LogP contribution in [0.5, 0.6) is 11.5 Å². The molecule has 0 bridgehead atoms. The molecule has 0 saturated carbocycles. The van der Waals surface area contributed by atoms with Crippen molar-refractivity contribution >= 4 is 17.9 Å². The molecule has 254 valence electrons. The average Bonchev–Trinajstić information content (AvgIpc) is 3.38. The molecule has 16 nitrogen and oxygen atoms in total. The molecular weight excluding hydrogens is 640 g/mol. The van der Waals surface area contributed by atoms with Crippen molar-refractivity contribution < 1.29 is 78.9 Å². The lowest BCUT2D eigenvalue weighted by atomic mass is 9.80. The van der Waals surface area contributed by atoms with Gasteiger partial charge in [0.1, 0.15) is 48.1 Å². The molecule has 0 spiro atoms. The van der Waals surface area contributed by atoms with Crippen LogP contribution in [0.25, 0.3) is 0 Å². The third kappa shape index (κ3) is 5.63. The summed E-state index contributed by atoms with van der Waals surface area (Å²) in [7, 11) is 0. The van der Waals surface area contributed by atoms with E-state index in [-0.39, 0.29) is 17.1 Å². The number of fused-ring (bicyclic) bond motifs is 1.